The van der Waals surface area contributed by atoms with E-state index in [-0.39, 0.29) is 77.6 Å². The summed E-state index contributed by atoms with van der Waals surface area (Å²) in [6.07, 6.45) is 7.76. The molecule has 6 bridgehead atoms. The lowest BCUT2D eigenvalue weighted by Gasteiger charge is -2.36. The number of esters is 1. The number of oxazole rings is 1. The Hall–Kier alpha value is -5.01. The van der Waals surface area contributed by atoms with E-state index in [2.05, 4.69) is 58.2 Å². The third-order valence-corrected chi connectivity index (χ3v) is 11.6. The number of rotatable bonds is 9. The summed E-state index contributed by atoms with van der Waals surface area (Å²) in [6.45, 7) is 11.3. The number of hydrazine groups is 1. The number of hydrogen-bond donors (Lipinski definition) is 3. The summed E-state index contributed by atoms with van der Waals surface area (Å²) >= 11 is 0. The Kier molecular flexibility index (Phi) is 17.6. The molecule has 0 aliphatic carbocycles. The van der Waals surface area contributed by atoms with Crippen LogP contribution in [0.5, 0.6) is 5.75 Å². The molecular weight excluding hydrogens is 875 g/mol. The monoisotopic (exact) mass is 935 g/mol. The van der Waals surface area contributed by atoms with E-state index < -0.39 is 47.2 Å². The zero-order valence-electron chi connectivity index (χ0n) is 37.4. The number of carbonyl (C=O) groups excluding carboxylic acids is 4. The van der Waals surface area contributed by atoms with Crippen LogP contribution in [0.1, 0.15) is 74.8 Å². The number of methoxy groups -OCH3 is 1. The van der Waals surface area contributed by atoms with Crippen molar-refractivity contribution in [3.05, 3.63) is 89.9 Å². The zero-order chi connectivity index (χ0) is 43.6. The lowest BCUT2D eigenvalue weighted by molar-refractivity contribution is -0.155. The highest BCUT2D eigenvalue weighted by molar-refractivity contribution is 7.59. The summed E-state index contributed by atoms with van der Waals surface area (Å²) in [4.78, 5) is 65.7. The van der Waals surface area contributed by atoms with Gasteiger partial charge in [-0.15, -0.1) is 0 Å². The molecule has 3 amide bonds. The number of phenolic OH excluding ortho intramolecular Hbond substituents is 1. The highest BCUT2D eigenvalue weighted by Crippen LogP contribution is 2.41. The first-order valence-electron chi connectivity index (χ1n) is 20.8. The molecule has 3 aromatic heterocycles. The molecule has 2 aliphatic heterocycles. The second-order valence-corrected chi connectivity index (χ2v) is 17.1. The molecule has 64 heavy (non-hydrogen) atoms. The van der Waals surface area contributed by atoms with Crippen molar-refractivity contribution in [1.29, 1.82) is 0 Å². The second-order valence-electron chi connectivity index (χ2n) is 17.1. The molecule has 5 heterocycles. The van der Waals surface area contributed by atoms with Gasteiger partial charge in [0.15, 0.2) is 0 Å². The number of pyridine rings is 1. The van der Waals surface area contributed by atoms with Gasteiger partial charge in [0.25, 0.3) is 11.8 Å². The van der Waals surface area contributed by atoms with Crippen molar-refractivity contribution in [2.45, 2.75) is 91.6 Å². The van der Waals surface area contributed by atoms with Crippen molar-refractivity contribution in [2.75, 3.05) is 27.3 Å². The van der Waals surface area contributed by atoms with Gasteiger partial charge in [-0.1, -0.05) is 39.8 Å². The highest BCUT2D eigenvalue weighted by Gasteiger charge is 2.38. The number of nitrogens with zero attached hydrogens (tertiary/aromatic N) is 5. The van der Waals surface area contributed by atoms with Crippen molar-refractivity contribution >= 4 is 75.1 Å². The fraction of sp³-hybridized carbons (Fsp3) is 0.435. The molecule has 0 radical (unpaired) electrons. The average molecular weight is 936 g/mol. The minimum atomic E-state index is -1.16. The molecule has 7 rings (SSSR count). The van der Waals surface area contributed by atoms with Crippen LogP contribution in [-0.2, 0) is 49.9 Å². The molecule has 3 N–H and O–H groups in total. The SMILES string of the molecule is CCn1c(-c2cnccc2COC)c2c3cc(ccc31)-c1cc(O)cc(c1)C[C@H](NC(=O)[C@H](C(C)C)N(C)C(=O)c1ncco1)C(=O)N1CCC[C@H](N1)C(=O)OCC(C)(C)C2.S.S.S. The summed E-state index contributed by atoms with van der Waals surface area (Å²) in [6, 6.07) is 10.4. The Labute approximate surface area is 395 Å². The molecule has 0 saturated carbocycles. The third kappa shape index (κ3) is 10.9. The first-order valence-corrected chi connectivity index (χ1v) is 20.8. The standard InChI is InChI=1S/C46H55N7O8.3H2S/c1-8-52-38-12-11-29-22-33(38)34(40(52)35-24-47-14-13-30(35)25-59-7)23-46(4,5)26-61-45(58)36-10-9-16-53(50-36)43(56)37(20-28-18-31(29)21-32(54)19-28)49-41(55)39(27(2)3)51(6)44(57)42-48-15-17-60-42;;;/h11-15,17-19,21-22,24,27,36-37,39,50,54H,8-10,16,20,23,25-26H2,1-7H3,(H,49,55);3*1H2/t36-,37-,39-;;;/m0.../s1. The van der Waals surface area contributed by atoms with Crippen molar-refractivity contribution in [2.24, 2.45) is 11.3 Å². The Balaban J connectivity index is 0.00000299. The van der Waals surface area contributed by atoms with Crippen molar-refractivity contribution < 1.29 is 38.2 Å². The van der Waals surface area contributed by atoms with Crippen LogP contribution in [0.2, 0.25) is 0 Å². The van der Waals surface area contributed by atoms with E-state index in [1.165, 1.54) is 29.4 Å². The van der Waals surface area contributed by atoms with E-state index in [0.717, 1.165) is 44.4 Å². The van der Waals surface area contributed by atoms with Gasteiger partial charge in [-0.25, -0.2) is 10.4 Å². The van der Waals surface area contributed by atoms with Gasteiger partial charge in [0.05, 0.1) is 25.1 Å². The van der Waals surface area contributed by atoms with Gasteiger partial charge in [-0.05, 0) is 90.3 Å². The summed E-state index contributed by atoms with van der Waals surface area (Å²) in [5.74, 6) is -2.66. The quantitative estimate of drug-likeness (QED) is 0.147. The number of likely N-dealkylation sites (N-methyl/N-ethyl adjacent to an activating group) is 1. The molecule has 5 aromatic rings. The van der Waals surface area contributed by atoms with E-state index >= 15 is 0 Å². The number of aryl methyl sites for hydroxylation is 1. The van der Waals surface area contributed by atoms with Gasteiger partial charge in [0, 0.05) is 67.9 Å². The van der Waals surface area contributed by atoms with Gasteiger partial charge in [0.2, 0.25) is 5.91 Å². The fourth-order valence-corrected chi connectivity index (χ4v) is 8.72. The number of benzene rings is 2. The van der Waals surface area contributed by atoms with Gasteiger partial charge < -0.3 is 33.8 Å². The number of carbonyl (C=O) groups is 4. The average Bonchev–Trinajstić information content (AvgIpc) is 3.88. The predicted octanol–water partition coefficient (Wildman–Crippen LogP) is 6.01. The summed E-state index contributed by atoms with van der Waals surface area (Å²) in [7, 11) is 3.16. The van der Waals surface area contributed by atoms with Crippen LogP contribution in [0.25, 0.3) is 33.3 Å². The third-order valence-electron chi connectivity index (χ3n) is 11.6. The predicted molar refractivity (Wildman–Crippen MR) is 259 cm³/mol. The normalized spacial score (nSPS) is 17.8. The summed E-state index contributed by atoms with van der Waals surface area (Å²) < 4.78 is 19.2. The van der Waals surface area contributed by atoms with Gasteiger partial charge in [0.1, 0.15) is 30.1 Å². The van der Waals surface area contributed by atoms with Crippen LogP contribution in [0.15, 0.2) is 71.7 Å². The first-order chi connectivity index (χ1) is 29.2. The molecule has 18 heteroatoms. The first kappa shape index (κ1) is 51.6. The van der Waals surface area contributed by atoms with Crippen molar-refractivity contribution in [3.8, 4) is 28.1 Å². The highest BCUT2D eigenvalue weighted by atomic mass is 32.1. The molecule has 3 atom stereocenters. The molecule has 2 aromatic carbocycles. The minimum Gasteiger partial charge on any atom is -0.508 e. The second kappa shape index (κ2) is 21.8. The van der Waals surface area contributed by atoms with Crippen LogP contribution in [0, 0.1) is 11.3 Å². The molecule has 1 saturated heterocycles. The molecule has 0 spiro atoms. The number of hydrogen-bond acceptors (Lipinski definition) is 11. The number of aromatic hydroxyl groups is 1. The molecule has 2 aliphatic rings. The number of phenols is 1. The van der Waals surface area contributed by atoms with Gasteiger partial charge in [-0.3, -0.25) is 29.2 Å². The van der Waals surface area contributed by atoms with Crippen LogP contribution >= 0.6 is 40.5 Å². The van der Waals surface area contributed by atoms with E-state index in [4.69, 9.17) is 13.9 Å². The van der Waals surface area contributed by atoms with E-state index in [9.17, 15) is 24.3 Å². The lowest BCUT2D eigenvalue weighted by Crippen LogP contribution is -2.62. The van der Waals surface area contributed by atoms with Crippen molar-refractivity contribution in [3.63, 3.8) is 0 Å². The Morgan fingerprint density at radius 2 is 1.84 bits per heavy atom. The zero-order valence-corrected chi connectivity index (χ0v) is 40.4. The van der Waals surface area contributed by atoms with Crippen LogP contribution < -0.4 is 10.7 Å². The number of ether oxygens (including phenoxy) is 2. The van der Waals surface area contributed by atoms with Gasteiger partial charge >= 0.3 is 11.9 Å². The maximum Gasteiger partial charge on any atom is 0.324 e. The Morgan fingerprint density at radius 1 is 1.08 bits per heavy atom. The number of cyclic esters (lactones) is 1. The Bertz CT molecular complexity index is 2440. The van der Waals surface area contributed by atoms with Crippen molar-refractivity contribution in [1.82, 2.24) is 35.2 Å². The molecule has 1 fully saturated rings. The smallest absolute Gasteiger partial charge is 0.324 e. The maximum atomic E-state index is 14.6. The Morgan fingerprint density at radius 3 is 2.53 bits per heavy atom. The molecule has 346 valence electrons. The van der Waals surface area contributed by atoms with Crippen LogP contribution in [0.4, 0.5) is 0 Å². The van der Waals surface area contributed by atoms with Crippen LogP contribution in [-0.4, -0.2) is 98.7 Å². The summed E-state index contributed by atoms with van der Waals surface area (Å²) in [5, 5.41) is 16.5. The molecule has 0 unspecified atom stereocenters. The maximum absolute atomic E-state index is 14.6. The number of aromatic nitrogens is 3. The topological polar surface area (TPSA) is 181 Å². The largest absolute Gasteiger partial charge is 0.508 e. The number of nitrogens with one attached hydrogen (secondary N) is 2. The fourth-order valence-electron chi connectivity index (χ4n) is 8.72. The number of amides is 3. The minimum absolute atomic E-state index is 0. The van der Waals surface area contributed by atoms with Gasteiger partial charge in [-0.2, -0.15) is 40.5 Å². The molecular formula is C46H61N7O8S3. The van der Waals surface area contributed by atoms with E-state index in [1.807, 2.05) is 24.4 Å². The van der Waals surface area contributed by atoms with E-state index in [0.29, 0.717) is 38.0 Å². The molecule has 15 nitrogen and oxygen atoms in total. The lowest BCUT2D eigenvalue weighted by atomic mass is 9.84. The number of fused-ring (bicyclic) bond motifs is 6. The van der Waals surface area contributed by atoms with E-state index in [1.54, 1.807) is 39.3 Å². The summed E-state index contributed by atoms with van der Waals surface area (Å²) in [5.41, 5.74) is 9.72. The van der Waals surface area contributed by atoms with Crippen LogP contribution in [0.3, 0.4) is 0 Å².